The fraction of sp³-hybridized carbons (Fsp3) is 0.294. The minimum absolute atomic E-state index is 0.0484. The summed E-state index contributed by atoms with van der Waals surface area (Å²) in [6.07, 6.45) is -3.77. The highest BCUT2D eigenvalue weighted by Crippen LogP contribution is 2.35. The van der Waals surface area contributed by atoms with Crippen LogP contribution in [0.2, 0.25) is 0 Å². The zero-order valence-corrected chi connectivity index (χ0v) is 14.2. The van der Waals surface area contributed by atoms with E-state index in [4.69, 9.17) is 5.73 Å². The minimum atomic E-state index is -4.75. The van der Waals surface area contributed by atoms with Gasteiger partial charge in [-0.15, -0.1) is 0 Å². The molecule has 0 fully saturated rings. The first-order valence-electron chi connectivity index (χ1n) is 8.05. The highest BCUT2D eigenvalue weighted by Gasteiger charge is 2.41. The number of nitrogens with one attached hydrogen (secondary N) is 1. The first-order valence-corrected chi connectivity index (χ1v) is 8.05. The van der Waals surface area contributed by atoms with E-state index < -0.39 is 36.0 Å². The SMILES string of the molecule is C[C@@H](c1ccccc1)N1C(=O)[C@H](NC(N)=O)Cc2cnc(C(F)(F)F)nc21. The maximum absolute atomic E-state index is 13.1. The Labute approximate surface area is 152 Å². The number of rotatable bonds is 3. The molecule has 0 bridgehead atoms. The number of urea groups is 1. The molecule has 3 N–H and O–H groups in total. The van der Waals surface area contributed by atoms with E-state index >= 15 is 0 Å². The molecule has 142 valence electrons. The number of hydrogen-bond donors (Lipinski definition) is 2. The molecule has 3 rings (SSSR count). The van der Waals surface area contributed by atoms with Gasteiger partial charge in [0.1, 0.15) is 11.9 Å². The first kappa shape index (κ1) is 18.6. The highest BCUT2D eigenvalue weighted by atomic mass is 19.4. The largest absolute Gasteiger partial charge is 0.451 e. The number of carbonyl (C=O) groups is 2. The normalized spacial score (nSPS) is 18.0. The number of hydrogen-bond acceptors (Lipinski definition) is 4. The smallest absolute Gasteiger partial charge is 0.352 e. The van der Waals surface area contributed by atoms with Gasteiger partial charge in [-0.3, -0.25) is 9.69 Å². The summed E-state index contributed by atoms with van der Waals surface area (Å²) >= 11 is 0. The lowest BCUT2D eigenvalue weighted by Crippen LogP contribution is -2.55. The Kier molecular flexibility index (Phi) is 4.73. The molecule has 0 radical (unpaired) electrons. The van der Waals surface area contributed by atoms with Gasteiger partial charge < -0.3 is 11.1 Å². The van der Waals surface area contributed by atoms with Crippen molar-refractivity contribution in [2.75, 3.05) is 4.90 Å². The van der Waals surface area contributed by atoms with Crippen molar-refractivity contribution >= 4 is 17.8 Å². The zero-order chi connectivity index (χ0) is 19.8. The van der Waals surface area contributed by atoms with Crippen molar-refractivity contribution in [1.82, 2.24) is 15.3 Å². The lowest BCUT2D eigenvalue weighted by molar-refractivity contribution is -0.145. The van der Waals surface area contributed by atoms with E-state index in [-0.39, 0.29) is 12.2 Å². The van der Waals surface area contributed by atoms with Crippen LogP contribution in [0.15, 0.2) is 36.5 Å². The van der Waals surface area contributed by atoms with Gasteiger partial charge in [0.2, 0.25) is 5.82 Å². The van der Waals surface area contributed by atoms with Crippen LogP contribution in [0, 0.1) is 0 Å². The summed E-state index contributed by atoms with van der Waals surface area (Å²) in [7, 11) is 0. The van der Waals surface area contributed by atoms with E-state index in [1.165, 1.54) is 0 Å². The molecule has 1 aliphatic heterocycles. The van der Waals surface area contributed by atoms with Crippen LogP contribution in [-0.4, -0.2) is 27.9 Å². The molecule has 3 amide bonds. The summed E-state index contributed by atoms with van der Waals surface area (Å²) in [5.41, 5.74) is 6.13. The Morgan fingerprint density at radius 3 is 2.59 bits per heavy atom. The summed E-state index contributed by atoms with van der Waals surface area (Å²) in [6, 6.07) is 6.24. The average molecular weight is 379 g/mol. The number of anilines is 1. The third-order valence-corrected chi connectivity index (χ3v) is 4.27. The van der Waals surface area contributed by atoms with Crippen LogP contribution in [0.1, 0.15) is 29.9 Å². The number of halogens is 3. The molecule has 1 aliphatic rings. The van der Waals surface area contributed by atoms with Crippen LogP contribution in [-0.2, 0) is 17.4 Å². The van der Waals surface area contributed by atoms with Crippen molar-refractivity contribution in [2.24, 2.45) is 5.73 Å². The van der Waals surface area contributed by atoms with E-state index in [0.717, 1.165) is 11.1 Å². The van der Waals surface area contributed by atoms with Crippen LogP contribution in [0.3, 0.4) is 0 Å². The molecular weight excluding hydrogens is 363 g/mol. The Balaban J connectivity index is 2.10. The third-order valence-electron chi connectivity index (χ3n) is 4.27. The van der Waals surface area contributed by atoms with E-state index in [2.05, 4.69) is 15.3 Å². The number of alkyl halides is 3. The molecule has 10 heteroatoms. The fourth-order valence-corrected chi connectivity index (χ4v) is 3.01. The lowest BCUT2D eigenvalue weighted by Gasteiger charge is -2.37. The molecule has 1 aromatic carbocycles. The number of nitrogens with two attached hydrogens (primary N) is 1. The van der Waals surface area contributed by atoms with Crippen molar-refractivity contribution in [3.8, 4) is 0 Å². The average Bonchev–Trinajstić information content (AvgIpc) is 2.61. The minimum Gasteiger partial charge on any atom is -0.352 e. The summed E-state index contributed by atoms with van der Waals surface area (Å²) in [5.74, 6) is -2.05. The van der Waals surface area contributed by atoms with Crippen molar-refractivity contribution in [1.29, 1.82) is 0 Å². The van der Waals surface area contributed by atoms with Gasteiger partial charge in [0.25, 0.3) is 5.91 Å². The molecule has 2 aromatic rings. The second-order valence-electron chi connectivity index (χ2n) is 6.10. The van der Waals surface area contributed by atoms with E-state index in [1.54, 1.807) is 37.3 Å². The van der Waals surface area contributed by atoms with Gasteiger partial charge in [-0.25, -0.2) is 14.8 Å². The summed E-state index contributed by atoms with van der Waals surface area (Å²) in [4.78, 5) is 32.2. The van der Waals surface area contributed by atoms with E-state index in [0.29, 0.717) is 11.1 Å². The van der Waals surface area contributed by atoms with Gasteiger partial charge >= 0.3 is 12.2 Å². The molecule has 0 unspecified atom stereocenters. The molecule has 0 aliphatic carbocycles. The van der Waals surface area contributed by atoms with Gasteiger partial charge in [-0.1, -0.05) is 30.3 Å². The van der Waals surface area contributed by atoms with Crippen molar-refractivity contribution in [3.05, 3.63) is 53.5 Å². The van der Waals surface area contributed by atoms with Crippen molar-refractivity contribution < 1.29 is 22.8 Å². The van der Waals surface area contributed by atoms with E-state index in [1.807, 2.05) is 0 Å². The lowest BCUT2D eigenvalue weighted by atomic mass is 9.97. The van der Waals surface area contributed by atoms with Crippen molar-refractivity contribution in [2.45, 2.75) is 31.6 Å². The van der Waals surface area contributed by atoms with Gasteiger partial charge in [-0.2, -0.15) is 13.2 Å². The number of carbonyl (C=O) groups excluding carboxylic acids is 2. The van der Waals surface area contributed by atoms with Gasteiger partial charge in [0, 0.05) is 18.2 Å². The van der Waals surface area contributed by atoms with Crippen LogP contribution in [0.25, 0.3) is 0 Å². The number of primary amides is 1. The third kappa shape index (κ3) is 3.69. The fourth-order valence-electron chi connectivity index (χ4n) is 3.01. The van der Waals surface area contributed by atoms with Crippen LogP contribution in [0.4, 0.5) is 23.8 Å². The molecule has 7 nitrogen and oxygen atoms in total. The van der Waals surface area contributed by atoms with Gasteiger partial charge in [0.05, 0.1) is 6.04 Å². The predicted octanol–water partition coefficient (Wildman–Crippen LogP) is 2.18. The van der Waals surface area contributed by atoms with Crippen LogP contribution >= 0.6 is 0 Å². The topological polar surface area (TPSA) is 101 Å². The maximum Gasteiger partial charge on any atom is 0.451 e. The molecule has 2 heterocycles. The van der Waals surface area contributed by atoms with E-state index in [9.17, 15) is 22.8 Å². The summed E-state index contributed by atoms with van der Waals surface area (Å²) in [6.45, 7) is 1.67. The molecular formula is C17H16F3N5O2. The second kappa shape index (κ2) is 6.86. The molecule has 1 aromatic heterocycles. The predicted molar refractivity (Wildman–Crippen MR) is 89.6 cm³/mol. The van der Waals surface area contributed by atoms with Gasteiger partial charge in [0.15, 0.2) is 0 Å². The number of nitrogens with zero attached hydrogens (tertiary/aromatic N) is 3. The standard InChI is InChI=1S/C17H16F3N5O2/c1-9(10-5-3-2-4-6-10)25-13-11(7-12(14(25)26)23-16(21)27)8-22-15(24-13)17(18,19)20/h2-6,8-9,12H,7H2,1H3,(H3,21,23,27)/t9-,12+/m0/s1. The number of aromatic nitrogens is 2. The second-order valence-corrected chi connectivity index (χ2v) is 6.10. The number of amides is 3. The quantitative estimate of drug-likeness (QED) is 0.853. The van der Waals surface area contributed by atoms with Crippen molar-refractivity contribution in [3.63, 3.8) is 0 Å². The molecule has 0 saturated carbocycles. The van der Waals surface area contributed by atoms with Crippen LogP contribution < -0.4 is 16.0 Å². The van der Waals surface area contributed by atoms with Gasteiger partial charge in [-0.05, 0) is 12.5 Å². The summed E-state index contributed by atoms with van der Waals surface area (Å²) < 4.78 is 39.2. The maximum atomic E-state index is 13.1. The Morgan fingerprint density at radius 2 is 2.00 bits per heavy atom. The Morgan fingerprint density at radius 1 is 1.33 bits per heavy atom. The molecule has 0 spiro atoms. The van der Waals surface area contributed by atoms with Crippen LogP contribution in [0.5, 0.6) is 0 Å². The summed E-state index contributed by atoms with van der Waals surface area (Å²) in [5, 5.41) is 2.32. The zero-order valence-electron chi connectivity index (χ0n) is 14.2. The number of fused-ring (bicyclic) bond motifs is 1. The first-order chi connectivity index (χ1) is 12.7. The monoisotopic (exact) mass is 379 g/mol. The molecule has 2 atom stereocenters. The number of benzene rings is 1. The molecule has 27 heavy (non-hydrogen) atoms. The molecule has 0 saturated heterocycles. The highest BCUT2D eigenvalue weighted by molar-refractivity contribution is 6.01. The Bertz CT molecular complexity index is 873. The Hall–Kier alpha value is -3.17.